The summed E-state index contributed by atoms with van der Waals surface area (Å²) in [6, 6.07) is 0. The van der Waals surface area contributed by atoms with Crippen molar-refractivity contribution in [2.45, 2.75) is 31.6 Å². The number of amides is 1. The van der Waals surface area contributed by atoms with Gasteiger partial charge in [0.15, 0.2) is 5.44 Å². The minimum atomic E-state index is -3.67. The Balaban J connectivity index is 0.000000606. The van der Waals surface area contributed by atoms with E-state index < -0.39 is 26.9 Å². The first-order valence-electron chi connectivity index (χ1n) is 4.82. The van der Waals surface area contributed by atoms with E-state index >= 15 is 0 Å². The smallest absolute Gasteiger partial charge is 0.424 e. The zero-order valence-electron chi connectivity index (χ0n) is 9.50. The van der Waals surface area contributed by atoms with Crippen molar-refractivity contribution in [1.29, 1.82) is 0 Å². The van der Waals surface area contributed by atoms with Gasteiger partial charge in [-0.05, 0) is 6.92 Å². The average Bonchev–Trinajstić information content (AvgIpc) is 2.60. The number of hydrogen-bond acceptors (Lipinski definition) is 6. The third-order valence-corrected chi connectivity index (χ3v) is 5.07. The Labute approximate surface area is 99.1 Å². The van der Waals surface area contributed by atoms with Gasteiger partial charge in [0.25, 0.3) is 10.0 Å². The van der Waals surface area contributed by atoms with E-state index in [1.807, 2.05) is 13.8 Å². The summed E-state index contributed by atoms with van der Waals surface area (Å²) in [5.41, 5.74) is -0.719. The first kappa shape index (κ1) is 13.3. The Kier molecular flexibility index (Phi) is 3.84. The third-order valence-electron chi connectivity index (χ3n) is 1.99. The molecular weight excluding hydrogens is 252 g/mol. The lowest BCUT2D eigenvalue weighted by Crippen LogP contribution is -2.50. The summed E-state index contributed by atoms with van der Waals surface area (Å²) in [5.74, 6) is 0. The highest BCUT2D eigenvalue weighted by Gasteiger charge is 2.49. The summed E-state index contributed by atoms with van der Waals surface area (Å²) in [4.78, 5) is 15.0. The van der Waals surface area contributed by atoms with Crippen molar-refractivity contribution >= 4 is 32.9 Å². The number of sulfonamides is 1. The molecule has 1 fully saturated rings. The summed E-state index contributed by atoms with van der Waals surface area (Å²) >= 11 is 1.16. The van der Waals surface area contributed by atoms with E-state index in [0.29, 0.717) is 9.35 Å². The van der Waals surface area contributed by atoms with Crippen molar-refractivity contribution in [3.63, 3.8) is 0 Å². The van der Waals surface area contributed by atoms with Crippen molar-refractivity contribution < 1.29 is 17.9 Å². The first-order chi connectivity index (χ1) is 7.43. The molecule has 0 radical (unpaired) electrons. The van der Waals surface area contributed by atoms with Crippen LogP contribution < -0.4 is 0 Å². The number of fused-ring (bicyclic) bond motifs is 1. The summed E-state index contributed by atoms with van der Waals surface area (Å²) in [5, 5.41) is -0.359. The summed E-state index contributed by atoms with van der Waals surface area (Å²) in [6.45, 7) is 5.69. The molecule has 0 N–H and O–H groups in total. The summed E-state index contributed by atoms with van der Waals surface area (Å²) in [6.07, 6.45) is -0.844. The maximum Gasteiger partial charge on any atom is 0.424 e. The Bertz CT molecular complexity index is 418. The molecular formula is C8H14N2O4S2. The number of carbonyl (C=O) groups is 1. The molecule has 0 aromatic rings. The Morgan fingerprint density at radius 1 is 1.44 bits per heavy atom. The van der Waals surface area contributed by atoms with Crippen LogP contribution in [-0.4, -0.2) is 41.7 Å². The molecule has 1 amide bonds. The number of thioether (sulfide) groups is 1. The molecule has 0 aliphatic carbocycles. The monoisotopic (exact) mass is 266 g/mol. The molecule has 0 spiro atoms. The highest BCUT2D eigenvalue weighted by molar-refractivity contribution is 8.15. The van der Waals surface area contributed by atoms with Crippen LogP contribution in [0.15, 0.2) is 4.99 Å². The van der Waals surface area contributed by atoms with Crippen molar-refractivity contribution in [3.05, 3.63) is 0 Å². The molecule has 2 aliphatic heterocycles. The molecule has 0 aromatic carbocycles. The average molecular weight is 266 g/mol. The van der Waals surface area contributed by atoms with Crippen LogP contribution in [0.1, 0.15) is 20.8 Å². The fourth-order valence-corrected chi connectivity index (χ4v) is 3.90. The highest BCUT2D eigenvalue weighted by Crippen LogP contribution is 2.35. The van der Waals surface area contributed by atoms with Gasteiger partial charge in [0.1, 0.15) is 0 Å². The standard InChI is InChI=1S/C6H8N2O4S2.C2H6/c1-3-7-4-5(13-3)12-6(9)8(2)14(4,10)11;1-2/h4-5H,1-2H3;1-2H3. The molecule has 2 unspecified atom stereocenters. The maximum absolute atomic E-state index is 11.7. The second-order valence-electron chi connectivity index (χ2n) is 2.92. The van der Waals surface area contributed by atoms with Gasteiger partial charge < -0.3 is 4.74 Å². The van der Waals surface area contributed by atoms with Gasteiger partial charge in [0.2, 0.25) is 5.37 Å². The zero-order chi connectivity index (χ0) is 12.5. The van der Waals surface area contributed by atoms with Gasteiger partial charge in [-0.25, -0.2) is 17.5 Å². The highest BCUT2D eigenvalue weighted by atomic mass is 32.2. The van der Waals surface area contributed by atoms with Crippen LogP contribution in [0, 0.1) is 0 Å². The molecule has 2 heterocycles. The minimum absolute atomic E-state index is 0.594. The fraction of sp³-hybridized carbons (Fsp3) is 0.750. The largest absolute Gasteiger partial charge is 0.430 e. The lowest BCUT2D eigenvalue weighted by molar-refractivity contribution is 0.109. The second-order valence-corrected chi connectivity index (χ2v) is 6.27. The lowest BCUT2D eigenvalue weighted by Gasteiger charge is -2.29. The summed E-state index contributed by atoms with van der Waals surface area (Å²) < 4.78 is 28.8. The molecule has 1 saturated heterocycles. The van der Waals surface area contributed by atoms with Crippen molar-refractivity contribution in [2.75, 3.05) is 7.05 Å². The van der Waals surface area contributed by atoms with E-state index in [1.54, 1.807) is 6.92 Å². The lowest BCUT2D eigenvalue weighted by atomic mass is 10.7. The minimum Gasteiger partial charge on any atom is -0.430 e. The number of ether oxygens (including phenoxy) is 1. The van der Waals surface area contributed by atoms with E-state index in [4.69, 9.17) is 4.74 Å². The molecule has 0 bridgehead atoms. The van der Waals surface area contributed by atoms with Gasteiger partial charge in [0.05, 0.1) is 5.04 Å². The molecule has 8 heteroatoms. The van der Waals surface area contributed by atoms with Crippen LogP contribution in [0.2, 0.25) is 0 Å². The number of aliphatic imine (C=N–C) groups is 1. The Morgan fingerprint density at radius 2 is 2.00 bits per heavy atom. The van der Waals surface area contributed by atoms with Crippen LogP contribution in [0.4, 0.5) is 4.79 Å². The van der Waals surface area contributed by atoms with Gasteiger partial charge >= 0.3 is 6.09 Å². The van der Waals surface area contributed by atoms with Gasteiger partial charge in [-0.15, -0.1) is 0 Å². The molecule has 2 rings (SSSR count). The van der Waals surface area contributed by atoms with Crippen molar-refractivity contribution in [2.24, 2.45) is 4.99 Å². The third kappa shape index (κ3) is 2.03. The van der Waals surface area contributed by atoms with Crippen LogP contribution in [0.25, 0.3) is 0 Å². The number of hydrogen-bond donors (Lipinski definition) is 0. The van der Waals surface area contributed by atoms with Crippen LogP contribution >= 0.6 is 11.8 Å². The molecule has 16 heavy (non-hydrogen) atoms. The maximum atomic E-state index is 11.7. The molecule has 92 valence electrons. The Hall–Kier alpha value is -0.760. The van der Waals surface area contributed by atoms with Crippen molar-refractivity contribution in [3.8, 4) is 0 Å². The van der Waals surface area contributed by atoms with E-state index in [2.05, 4.69) is 4.99 Å². The fourth-order valence-electron chi connectivity index (χ4n) is 1.23. The number of rotatable bonds is 0. The van der Waals surface area contributed by atoms with Gasteiger partial charge in [-0.3, -0.25) is 4.99 Å². The second kappa shape index (κ2) is 4.62. The molecule has 2 aliphatic rings. The van der Waals surface area contributed by atoms with E-state index in [0.717, 1.165) is 11.8 Å². The van der Waals surface area contributed by atoms with Crippen LogP contribution in [-0.2, 0) is 14.8 Å². The predicted octanol–water partition coefficient (Wildman–Crippen LogP) is 1.24. The first-order valence-corrected chi connectivity index (χ1v) is 7.20. The SMILES string of the molecule is CC.CC1=NC2C(OC(=O)N(C)S2(=O)=O)S1. The van der Waals surface area contributed by atoms with Crippen LogP contribution in [0.3, 0.4) is 0 Å². The van der Waals surface area contributed by atoms with Gasteiger partial charge in [0, 0.05) is 7.05 Å². The normalized spacial score (nSPS) is 30.9. The van der Waals surface area contributed by atoms with Gasteiger partial charge in [-0.2, -0.15) is 0 Å². The predicted molar refractivity (Wildman–Crippen MR) is 62.8 cm³/mol. The number of carbonyl (C=O) groups excluding carboxylic acids is 1. The quantitative estimate of drug-likeness (QED) is 0.659. The van der Waals surface area contributed by atoms with Crippen LogP contribution in [0.5, 0.6) is 0 Å². The summed E-state index contributed by atoms with van der Waals surface area (Å²) in [7, 11) is -2.50. The topological polar surface area (TPSA) is 76.0 Å². The zero-order valence-corrected chi connectivity index (χ0v) is 11.1. The van der Waals surface area contributed by atoms with Crippen molar-refractivity contribution in [1.82, 2.24) is 4.31 Å². The van der Waals surface area contributed by atoms with Gasteiger partial charge in [-0.1, -0.05) is 25.6 Å². The van der Waals surface area contributed by atoms with E-state index in [-0.39, 0.29) is 0 Å². The number of nitrogens with zero attached hydrogens (tertiary/aromatic N) is 2. The molecule has 0 saturated carbocycles. The van der Waals surface area contributed by atoms with E-state index in [1.165, 1.54) is 7.05 Å². The molecule has 2 atom stereocenters. The molecule has 0 aromatic heterocycles. The Morgan fingerprint density at radius 3 is 2.56 bits per heavy atom. The molecule has 6 nitrogen and oxygen atoms in total. The van der Waals surface area contributed by atoms with E-state index in [9.17, 15) is 13.2 Å².